The molecule has 2 aliphatic heterocycles. The van der Waals surface area contributed by atoms with Crippen LogP contribution in [0.2, 0.25) is 0 Å². The molecular weight excluding hydrogens is 318 g/mol. The van der Waals surface area contributed by atoms with Gasteiger partial charge in [-0.3, -0.25) is 9.69 Å². The number of piperidine rings is 1. The van der Waals surface area contributed by atoms with Crippen LogP contribution in [0.15, 0.2) is 0 Å². The Morgan fingerprint density at radius 3 is 2.70 bits per heavy atom. The van der Waals surface area contributed by atoms with E-state index in [0.717, 1.165) is 52.1 Å². The van der Waals surface area contributed by atoms with Gasteiger partial charge < -0.3 is 10.1 Å². The highest BCUT2D eigenvalue weighted by Crippen LogP contribution is 2.19. The average Bonchev–Trinajstić information content (AvgIpc) is 2.59. The SMILES string of the molecule is CCS(=O)(=O)N1CCC[C@@H](C(=O)NCCCN2CCOCC2)C1. The largest absolute Gasteiger partial charge is 0.379 e. The minimum atomic E-state index is -3.19. The summed E-state index contributed by atoms with van der Waals surface area (Å²) in [6.07, 6.45) is 2.44. The van der Waals surface area contributed by atoms with Crippen LogP contribution in [0.1, 0.15) is 26.2 Å². The summed E-state index contributed by atoms with van der Waals surface area (Å²) in [7, 11) is -3.19. The van der Waals surface area contributed by atoms with Crippen molar-refractivity contribution in [3.8, 4) is 0 Å². The number of rotatable bonds is 7. The maximum absolute atomic E-state index is 12.2. The van der Waals surface area contributed by atoms with Gasteiger partial charge in [0.2, 0.25) is 15.9 Å². The zero-order chi connectivity index (χ0) is 16.7. The fraction of sp³-hybridized carbons (Fsp3) is 0.933. The third-order valence-electron chi connectivity index (χ3n) is 4.57. The second kappa shape index (κ2) is 8.96. The van der Waals surface area contributed by atoms with Crippen molar-refractivity contribution in [2.75, 3.05) is 58.2 Å². The van der Waals surface area contributed by atoms with E-state index in [0.29, 0.717) is 19.6 Å². The third kappa shape index (κ3) is 5.70. The lowest BCUT2D eigenvalue weighted by Gasteiger charge is -2.31. The van der Waals surface area contributed by atoms with Gasteiger partial charge in [-0.25, -0.2) is 12.7 Å². The summed E-state index contributed by atoms with van der Waals surface area (Å²) in [5, 5.41) is 2.96. The first kappa shape index (κ1) is 18.6. The Labute approximate surface area is 139 Å². The van der Waals surface area contributed by atoms with Crippen LogP contribution in [-0.4, -0.2) is 81.8 Å². The van der Waals surface area contributed by atoms with E-state index in [-0.39, 0.29) is 17.6 Å². The van der Waals surface area contributed by atoms with E-state index in [1.54, 1.807) is 6.92 Å². The highest BCUT2D eigenvalue weighted by atomic mass is 32.2. The molecule has 0 aliphatic carbocycles. The van der Waals surface area contributed by atoms with Crippen LogP contribution in [0.4, 0.5) is 0 Å². The van der Waals surface area contributed by atoms with Gasteiger partial charge >= 0.3 is 0 Å². The number of morpholine rings is 1. The number of nitrogens with one attached hydrogen (secondary N) is 1. The number of nitrogens with zero attached hydrogens (tertiary/aromatic N) is 2. The molecule has 23 heavy (non-hydrogen) atoms. The number of sulfonamides is 1. The number of amides is 1. The van der Waals surface area contributed by atoms with E-state index in [9.17, 15) is 13.2 Å². The van der Waals surface area contributed by atoms with Gasteiger partial charge in [-0.05, 0) is 32.7 Å². The Balaban J connectivity index is 1.68. The van der Waals surface area contributed by atoms with Gasteiger partial charge in [0, 0.05) is 32.7 Å². The van der Waals surface area contributed by atoms with Gasteiger partial charge in [0.05, 0.1) is 24.9 Å². The van der Waals surface area contributed by atoms with Crippen molar-refractivity contribution in [2.24, 2.45) is 5.92 Å². The molecule has 2 aliphatic rings. The second-order valence-electron chi connectivity index (χ2n) is 6.20. The van der Waals surface area contributed by atoms with Crippen molar-refractivity contribution in [3.63, 3.8) is 0 Å². The predicted octanol–water partition coefficient (Wildman–Crippen LogP) is -0.113. The van der Waals surface area contributed by atoms with Gasteiger partial charge in [0.25, 0.3) is 0 Å². The highest BCUT2D eigenvalue weighted by Gasteiger charge is 2.31. The van der Waals surface area contributed by atoms with Crippen molar-refractivity contribution in [2.45, 2.75) is 26.2 Å². The second-order valence-corrected chi connectivity index (χ2v) is 8.45. The lowest BCUT2D eigenvalue weighted by Crippen LogP contribution is -2.46. The molecule has 1 amide bonds. The molecule has 0 radical (unpaired) electrons. The van der Waals surface area contributed by atoms with Gasteiger partial charge in [-0.15, -0.1) is 0 Å². The number of hydrogen-bond donors (Lipinski definition) is 1. The Hall–Kier alpha value is -0.700. The molecule has 0 unspecified atom stereocenters. The monoisotopic (exact) mass is 347 g/mol. The Bertz CT molecular complexity index is 477. The van der Waals surface area contributed by atoms with E-state index in [1.807, 2.05) is 0 Å². The van der Waals surface area contributed by atoms with Gasteiger partial charge in [0.15, 0.2) is 0 Å². The van der Waals surface area contributed by atoms with E-state index in [1.165, 1.54) is 4.31 Å². The maximum atomic E-state index is 12.2. The Morgan fingerprint density at radius 1 is 1.26 bits per heavy atom. The van der Waals surface area contributed by atoms with Gasteiger partial charge in [-0.2, -0.15) is 0 Å². The summed E-state index contributed by atoms with van der Waals surface area (Å²) in [5.41, 5.74) is 0. The number of carbonyl (C=O) groups is 1. The van der Waals surface area contributed by atoms with Crippen molar-refractivity contribution in [1.29, 1.82) is 0 Å². The molecule has 134 valence electrons. The van der Waals surface area contributed by atoms with E-state index in [2.05, 4.69) is 10.2 Å². The zero-order valence-corrected chi connectivity index (χ0v) is 14.8. The molecule has 2 heterocycles. The van der Waals surface area contributed by atoms with Crippen molar-refractivity contribution >= 4 is 15.9 Å². The fourth-order valence-corrected chi connectivity index (χ4v) is 4.25. The predicted molar refractivity (Wildman–Crippen MR) is 88.6 cm³/mol. The molecule has 0 saturated carbocycles. The smallest absolute Gasteiger partial charge is 0.224 e. The molecule has 1 N–H and O–H groups in total. The topological polar surface area (TPSA) is 79.0 Å². The van der Waals surface area contributed by atoms with Crippen LogP contribution in [0, 0.1) is 5.92 Å². The zero-order valence-electron chi connectivity index (χ0n) is 14.0. The summed E-state index contributed by atoms with van der Waals surface area (Å²) in [5.74, 6) is -0.127. The molecule has 0 bridgehead atoms. The van der Waals surface area contributed by atoms with Crippen LogP contribution in [0.3, 0.4) is 0 Å². The fourth-order valence-electron chi connectivity index (χ4n) is 3.08. The Morgan fingerprint density at radius 2 is 2.00 bits per heavy atom. The summed E-state index contributed by atoms with van der Waals surface area (Å²) in [6, 6.07) is 0. The van der Waals surface area contributed by atoms with Crippen LogP contribution >= 0.6 is 0 Å². The molecule has 2 rings (SSSR count). The lowest BCUT2D eigenvalue weighted by molar-refractivity contribution is -0.126. The normalized spacial score (nSPS) is 24.5. The molecule has 7 nitrogen and oxygen atoms in total. The first-order chi connectivity index (χ1) is 11.0. The first-order valence-corrected chi connectivity index (χ1v) is 10.2. The van der Waals surface area contributed by atoms with Gasteiger partial charge in [0.1, 0.15) is 0 Å². The quantitative estimate of drug-likeness (QED) is 0.650. The molecule has 2 saturated heterocycles. The van der Waals surface area contributed by atoms with Crippen LogP contribution in [0.25, 0.3) is 0 Å². The van der Waals surface area contributed by atoms with Crippen molar-refractivity contribution in [3.05, 3.63) is 0 Å². The molecular formula is C15H29N3O4S. The average molecular weight is 347 g/mol. The minimum absolute atomic E-state index is 0.0111. The van der Waals surface area contributed by atoms with Crippen LogP contribution in [-0.2, 0) is 19.6 Å². The summed E-state index contributed by atoms with van der Waals surface area (Å²) in [6.45, 7) is 7.61. The third-order valence-corrected chi connectivity index (χ3v) is 6.42. The first-order valence-electron chi connectivity index (χ1n) is 8.58. The molecule has 0 spiro atoms. The van der Waals surface area contributed by atoms with Crippen molar-refractivity contribution < 1.29 is 17.9 Å². The molecule has 2 fully saturated rings. The highest BCUT2D eigenvalue weighted by molar-refractivity contribution is 7.89. The van der Waals surface area contributed by atoms with Crippen LogP contribution in [0.5, 0.6) is 0 Å². The van der Waals surface area contributed by atoms with Gasteiger partial charge in [-0.1, -0.05) is 0 Å². The number of carbonyl (C=O) groups excluding carboxylic acids is 1. The summed E-state index contributed by atoms with van der Waals surface area (Å²) >= 11 is 0. The molecule has 0 aromatic carbocycles. The van der Waals surface area contributed by atoms with Crippen molar-refractivity contribution in [1.82, 2.24) is 14.5 Å². The van der Waals surface area contributed by atoms with E-state index in [4.69, 9.17) is 4.74 Å². The number of hydrogen-bond acceptors (Lipinski definition) is 5. The molecule has 0 aromatic heterocycles. The summed E-state index contributed by atoms with van der Waals surface area (Å²) in [4.78, 5) is 14.6. The Kier molecular flexibility index (Phi) is 7.26. The maximum Gasteiger partial charge on any atom is 0.224 e. The molecule has 0 aromatic rings. The standard InChI is InChI=1S/C15H29N3O4S/c1-2-23(20,21)18-8-3-5-14(13-18)15(19)16-6-4-7-17-9-11-22-12-10-17/h14H,2-13H2,1H3,(H,16,19)/t14-/m1/s1. The molecule has 8 heteroatoms. The molecule has 1 atom stereocenters. The number of ether oxygens (including phenoxy) is 1. The minimum Gasteiger partial charge on any atom is -0.379 e. The lowest BCUT2D eigenvalue weighted by atomic mass is 9.99. The van der Waals surface area contributed by atoms with E-state index < -0.39 is 10.0 Å². The summed E-state index contributed by atoms with van der Waals surface area (Å²) < 4.78 is 30.6. The van der Waals surface area contributed by atoms with Crippen LogP contribution < -0.4 is 5.32 Å². The van der Waals surface area contributed by atoms with E-state index >= 15 is 0 Å².